The summed E-state index contributed by atoms with van der Waals surface area (Å²) in [6, 6.07) is 10.1. The van der Waals surface area contributed by atoms with Crippen LogP contribution in [0.1, 0.15) is 44.9 Å². The lowest BCUT2D eigenvalue weighted by atomic mass is 9.93. The maximum absolute atomic E-state index is 10.4. The zero-order valence-corrected chi connectivity index (χ0v) is 11.1. The van der Waals surface area contributed by atoms with Crippen molar-refractivity contribution in [3.05, 3.63) is 42.2 Å². The molecule has 0 saturated carbocycles. The molecule has 0 radical (unpaired) electrons. The normalized spacial score (nSPS) is 13.1. The molecule has 0 aliphatic rings. The number of pyridine rings is 1. The maximum atomic E-state index is 10.4. The lowest BCUT2D eigenvalue weighted by molar-refractivity contribution is 0.138. The highest BCUT2D eigenvalue weighted by molar-refractivity contribution is 5.84. The first-order chi connectivity index (χ1) is 8.76. The second-order valence-corrected chi connectivity index (χ2v) is 4.85. The topological polar surface area (TPSA) is 33.1 Å². The molecule has 2 aromatic rings. The van der Waals surface area contributed by atoms with E-state index in [1.54, 1.807) is 6.20 Å². The van der Waals surface area contributed by atoms with E-state index < -0.39 is 6.10 Å². The van der Waals surface area contributed by atoms with Gasteiger partial charge in [-0.3, -0.25) is 4.98 Å². The number of hydrogen-bond donors (Lipinski definition) is 1. The van der Waals surface area contributed by atoms with Gasteiger partial charge in [0.2, 0.25) is 0 Å². The molecule has 0 bridgehead atoms. The van der Waals surface area contributed by atoms with Crippen molar-refractivity contribution in [3.8, 4) is 0 Å². The molecule has 1 atom stereocenters. The molecule has 1 aromatic heterocycles. The first-order valence-corrected chi connectivity index (χ1v) is 6.78. The first-order valence-electron chi connectivity index (χ1n) is 6.78. The minimum Gasteiger partial charge on any atom is -0.387 e. The van der Waals surface area contributed by atoms with Gasteiger partial charge in [-0.1, -0.05) is 51.0 Å². The number of rotatable bonds is 5. The zero-order valence-electron chi connectivity index (χ0n) is 11.1. The quantitative estimate of drug-likeness (QED) is 0.857. The van der Waals surface area contributed by atoms with Crippen molar-refractivity contribution in [1.82, 2.24) is 4.98 Å². The Hall–Kier alpha value is -1.41. The summed E-state index contributed by atoms with van der Waals surface area (Å²) in [5, 5.41) is 12.6. The molecule has 2 heteroatoms. The van der Waals surface area contributed by atoms with Gasteiger partial charge in [-0.15, -0.1) is 0 Å². The Bertz CT molecular complexity index is 500. The Balaban J connectivity index is 2.30. The monoisotopic (exact) mass is 243 g/mol. The van der Waals surface area contributed by atoms with Gasteiger partial charge in [0.15, 0.2) is 0 Å². The molecule has 2 nitrogen and oxygen atoms in total. The molecule has 96 valence electrons. The van der Waals surface area contributed by atoms with Crippen LogP contribution < -0.4 is 0 Å². The van der Waals surface area contributed by atoms with E-state index in [0.717, 1.165) is 35.7 Å². The molecule has 0 fully saturated rings. The van der Waals surface area contributed by atoms with Crippen LogP contribution in [-0.4, -0.2) is 10.1 Å². The van der Waals surface area contributed by atoms with Gasteiger partial charge in [0.05, 0.1) is 11.8 Å². The summed E-state index contributed by atoms with van der Waals surface area (Å²) in [6.07, 6.45) is 4.35. The number of aliphatic hydroxyl groups excluding tert-OH is 1. The van der Waals surface area contributed by atoms with Crippen LogP contribution in [0.25, 0.3) is 10.8 Å². The molecule has 0 amide bonds. The highest BCUT2D eigenvalue weighted by Crippen LogP contribution is 2.28. The number of benzene rings is 1. The summed E-state index contributed by atoms with van der Waals surface area (Å²) in [5.41, 5.74) is 0.819. The van der Waals surface area contributed by atoms with Crippen molar-refractivity contribution in [3.63, 3.8) is 0 Å². The summed E-state index contributed by atoms with van der Waals surface area (Å²) < 4.78 is 0. The minimum atomic E-state index is -0.457. The van der Waals surface area contributed by atoms with E-state index in [2.05, 4.69) is 24.9 Å². The molecular formula is C16H21NO. The Morgan fingerprint density at radius 2 is 1.83 bits per heavy atom. The smallest absolute Gasteiger partial charge is 0.0968 e. The van der Waals surface area contributed by atoms with Gasteiger partial charge in [0, 0.05) is 11.6 Å². The van der Waals surface area contributed by atoms with Gasteiger partial charge in [-0.25, -0.2) is 0 Å². The largest absolute Gasteiger partial charge is 0.387 e. The average molecular weight is 243 g/mol. The molecule has 1 N–H and O–H groups in total. The standard InChI is InChI=1S/C16H21NO/c1-3-12(4-2)11-15(18)16-14-8-6-5-7-13(14)9-10-17-16/h5-10,12,15,18H,3-4,11H2,1-2H3. The zero-order chi connectivity index (χ0) is 13.0. The summed E-state index contributed by atoms with van der Waals surface area (Å²) >= 11 is 0. The Morgan fingerprint density at radius 1 is 1.11 bits per heavy atom. The van der Waals surface area contributed by atoms with Crippen LogP contribution in [0.15, 0.2) is 36.5 Å². The van der Waals surface area contributed by atoms with Gasteiger partial charge in [-0.2, -0.15) is 0 Å². The van der Waals surface area contributed by atoms with Crippen LogP contribution in [0, 0.1) is 5.92 Å². The third-order valence-corrected chi connectivity index (χ3v) is 3.73. The van der Waals surface area contributed by atoms with Crippen LogP contribution in [0.5, 0.6) is 0 Å². The number of nitrogens with zero attached hydrogens (tertiary/aromatic N) is 1. The van der Waals surface area contributed by atoms with Crippen LogP contribution in [-0.2, 0) is 0 Å². The maximum Gasteiger partial charge on any atom is 0.0968 e. The van der Waals surface area contributed by atoms with E-state index in [1.807, 2.05) is 24.3 Å². The van der Waals surface area contributed by atoms with Crippen molar-refractivity contribution in [2.45, 2.75) is 39.2 Å². The second-order valence-electron chi connectivity index (χ2n) is 4.85. The molecule has 0 spiro atoms. The fourth-order valence-corrected chi connectivity index (χ4v) is 2.46. The summed E-state index contributed by atoms with van der Waals surface area (Å²) in [4.78, 5) is 4.38. The number of aromatic nitrogens is 1. The fraction of sp³-hybridized carbons (Fsp3) is 0.438. The highest BCUT2D eigenvalue weighted by atomic mass is 16.3. The summed E-state index contributed by atoms with van der Waals surface area (Å²) in [5.74, 6) is 0.570. The van der Waals surface area contributed by atoms with E-state index in [0.29, 0.717) is 5.92 Å². The number of fused-ring (bicyclic) bond motifs is 1. The highest BCUT2D eigenvalue weighted by Gasteiger charge is 2.16. The molecule has 1 heterocycles. The van der Waals surface area contributed by atoms with Crippen molar-refractivity contribution < 1.29 is 5.11 Å². The van der Waals surface area contributed by atoms with Crippen molar-refractivity contribution in [1.29, 1.82) is 0 Å². The van der Waals surface area contributed by atoms with Gasteiger partial charge in [0.25, 0.3) is 0 Å². The fourth-order valence-electron chi connectivity index (χ4n) is 2.46. The molecule has 1 unspecified atom stereocenters. The molecule has 0 saturated heterocycles. The van der Waals surface area contributed by atoms with Crippen LogP contribution in [0.2, 0.25) is 0 Å². The lowest BCUT2D eigenvalue weighted by Gasteiger charge is -2.18. The lowest BCUT2D eigenvalue weighted by Crippen LogP contribution is -2.08. The molecule has 0 aliphatic carbocycles. The third-order valence-electron chi connectivity index (χ3n) is 3.73. The molecule has 0 aliphatic heterocycles. The molecule has 1 aromatic carbocycles. The Morgan fingerprint density at radius 3 is 2.56 bits per heavy atom. The first kappa shape index (κ1) is 13.0. The number of hydrogen-bond acceptors (Lipinski definition) is 2. The van der Waals surface area contributed by atoms with Crippen molar-refractivity contribution in [2.24, 2.45) is 5.92 Å². The Labute approximate surface area is 109 Å². The predicted octanol–water partition coefficient (Wildman–Crippen LogP) is 4.09. The minimum absolute atomic E-state index is 0.457. The van der Waals surface area contributed by atoms with E-state index in [4.69, 9.17) is 0 Å². The molecule has 2 rings (SSSR count). The van der Waals surface area contributed by atoms with Crippen molar-refractivity contribution >= 4 is 10.8 Å². The van der Waals surface area contributed by atoms with Gasteiger partial charge in [-0.05, 0) is 23.8 Å². The summed E-state index contributed by atoms with van der Waals surface area (Å²) in [6.45, 7) is 4.36. The second kappa shape index (κ2) is 5.96. The van der Waals surface area contributed by atoms with Crippen molar-refractivity contribution in [2.75, 3.05) is 0 Å². The Kier molecular flexibility index (Phi) is 4.32. The average Bonchev–Trinajstić information content (AvgIpc) is 2.43. The van der Waals surface area contributed by atoms with Crippen LogP contribution in [0.4, 0.5) is 0 Å². The van der Waals surface area contributed by atoms with E-state index >= 15 is 0 Å². The summed E-state index contributed by atoms with van der Waals surface area (Å²) in [7, 11) is 0. The van der Waals surface area contributed by atoms with Gasteiger partial charge >= 0.3 is 0 Å². The van der Waals surface area contributed by atoms with Gasteiger partial charge in [0.1, 0.15) is 0 Å². The number of aliphatic hydroxyl groups is 1. The van der Waals surface area contributed by atoms with E-state index in [-0.39, 0.29) is 0 Å². The molecule has 18 heavy (non-hydrogen) atoms. The van der Waals surface area contributed by atoms with Crippen LogP contribution >= 0.6 is 0 Å². The van der Waals surface area contributed by atoms with E-state index in [9.17, 15) is 5.11 Å². The van der Waals surface area contributed by atoms with Gasteiger partial charge < -0.3 is 5.11 Å². The third kappa shape index (κ3) is 2.70. The predicted molar refractivity (Wildman–Crippen MR) is 75.4 cm³/mol. The molecular weight excluding hydrogens is 222 g/mol. The van der Waals surface area contributed by atoms with E-state index in [1.165, 1.54) is 0 Å². The SMILES string of the molecule is CCC(CC)CC(O)c1nccc2ccccc12. The van der Waals surface area contributed by atoms with Crippen LogP contribution in [0.3, 0.4) is 0 Å².